The van der Waals surface area contributed by atoms with Crippen molar-refractivity contribution >= 4 is 6.29 Å². The molecule has 1 rings (SSSR count). The summed E-state index contributed by atoms with van der Waals surface area (Å²) in [6.45, 7) is 4.39. The molecule has 2 heteroatoms. The fourth-order valence-corrected chi connectivity index (χ4v) is 0.818. The zero-order valence-corrected chi connectivity index (χ0v) is 6.23. The minimum Gasteiger partial charge on any atom is -0.298 e. The molecule has 1 aromatic heterocycles. The van der Waals surface area contributed by atoms with Crippen LogP contribution in [0.15, 0.2) is 37.2 Å². The second kappa shape index (κ2) is 3.66. The Morgan fingerprint density at radius 1 is 1.45 bits per heavy atom. The van der Waals surface area contributed by atoms with Gasteiger partial charge in [-0.25, -0.2) is 4.57 Å². The van der Waals surface area contributed by atoms with Gasteiger partial charge in [-0.05, 0) is 6.08 Å². The van der Waals surface area contributed by atoms with Crippen LogP contribution in [-0.2, 0) is 6.54 Å². The number of rotatable bonds is 3. The highest BCUT2D eigenvalue weighted by Crippen LogP contribution is 1.88. The van der Waals surface area contributed by atoms with E-state index in [0.29, 0.717) is 5.56 Å². The largest absolute Gasteiger partial charge is 0.298 e. The van der Waals surface area contributed by atoms with Gasteiger partial charge in [-0.3, -0.25) is 4.79 Å². The summed E-state index contributed by atoms with van der Waals surface area (Å²) in [7, 11) is 0. The van der Waals surface area contributed by atoms with E-state index in [2.05, 4.69) is 6.58 Å². The first-order chi connectivity index (χ1) is 5.36. The first-order valence-electron chi connectivity index (χ1n) is 3.42. The SMILES string of the molecule is C=CC[n+]1ccc(C=O)cc1. The van der Waals surface area contributed by atoms with Crippen molar-refractivity contribution in [2.45, 2.75) is 6.54 Å². The Kier molecular flexibility index (Phi) is 2.55. The van der Waals surface area contributed by atoms with E-state index < -0.39 is 0 Å². The number of carbonyl (C=O) groups excluding carboxylic acids is 1. The van der Waals surface area contributed by atoms with Crippen molar-refractivity contribution in [2.24, 2.45) is 0 Å². The molecule has 0 spiro atoms. The van der Waals surface area contributed by atoms with Crippen molar-refractivity contribution < 1.29 is 9.36 Å². The van der Waals surface area contributed by atoms with Crippen LogP contribution in [0, 0.1) is 0 Å². The highest BCUT2D eigenvalue weighted by molar-refractivity contribution is 5.73. The second-order valence-corrected chi connectivity index (χ2v) is 2.23. The Morgan fingerprint density at radius 3 is 2.55 bits per heavy atom. The molecule has 0 saturated carbocycles. The molecule has 1 aromatic rings. The number of pyridine rings is 1. The lowest BCUT2D eigenvalue weighted by atomic mass is 10.3. The number of hydrogen-bond donors (Lipinski definition) is 0. The molecular weight excluding hydrogens is 138 g/mol. The summed E-state index contributed by atoms with van der Waals surface area (Å²) in [6, 6.07) is 3.55. The molecule has 0 aromatic carbocycles. The van der Waals surface area contributed by atoms with Crippen LogP contribution in [-0.4, -0.2) is 6.29 Å². The molecule has 0 fully saturated rings. The smallest absolute Gasteiger partial charge is 0.169 e. The summed E-state index contributed by atoms with van der Waals surface area (Å²) in [6.07, 6.45) is 6.34. The van der Waals surface area contributed by atoms with Gasteiger partial charge < -0.3 is 0 Å². The molecule has 0 amide bonds. The van der Waals surface area contributed by atoms with E-state index in [1.54, 1.807) is 18.2 Å². The third kappa shape index (κ3) is 2.00. The van der Waals surface area contributed by atoms with E-state index in [9.17, 15) is 4.79 Å². The van der Waals surface area contributed by atoms with Crippen LogP contribution >= 0.6 is 0 Å². The van der Waals surface area contributed by atoms with Crippen molar-refractivity contribution in [1.82, 2.24) is 0 Å². The maximum Gasteiger partial charge on any atom is 0.169 e. The highest BCUT2D eigenvalue weighted by atomic mass is 16.1. The zero-order valence-electron chi connectivity index (χ0n) is 6.23. The maximum atomic E-state index is 10.2. The standard InChI is InChI=1S/C9H10NO/c1-2-5-10-6-3-9(8-11)4-7-10/h2-4,6-8H,1,5H2/q+1. The van der Waals surface area contributed by atoms with Gasteiger partial charge >= 0.3 is 0 Å². The van der Waals surface area contributed by atoms with Crippen LogP contribution in [0.25, 0.3) is 0 Å². The molecule has 0 saturated heterocycles. The first-order valence-corrected chi connectivity index (χ1v) is 3.42. The molecule has 2 nitrogen and oxygen atoms in total. The molecule has 0 unspecified atom stereocenters. The van der Waals surface area contributed by atoms with E-state index in [4.69, 9.17) is 0 Å². The van der Waals surface area contributed by atoms with Crippen molar-refractivity contribution in [1.29, 1.82) is 0 Å². The van der Waals surface area contributed by atoms with Gasteiger partial charge in [0.2, 0.25) is 0 Å². The molecule has 56 valence electrons. The van der Waals surface area contributed by atoms with Gasteiger partial charge in [0.15, 0.2) is 25.2 Å². The van der Waals surface area contributed by atoms with Crippen LogP contribution < -0.4 is 4.57 Å². The van der Waals surface area contributed by atoms with Crippen molar-refractivity contribution in [3.8, 4) is 0 Å². The summed E-state index contributed by atoms with van der Waals surface area (Å²) >= 11 is 0. The minimum atomic E-state index is 0.699. The lowest BCUT2D eigenvalue weighted by Gasteiger charge is -1.89. The molecule has 0 bridgehead atoms. The van der Waals surface area contributed by atoms with Crippen LogP contribution in [0.1, 0.15) is 10.4 Å². The average Bonchev–Trinajstić information content (AvgIpc) is 2.07. The summed E-state index contributed by atoms with van der Waals surface area (Å²) in [5.41, 5.74) is 0.699. The molecular formula is C9H10NO+. The highest BCUT2D eigenvalue weighted by Gasteiger charge is 1.95. The van der Waals surface area contributed by atoms with Gasteiger partial charge in [0.25, 0.3) is 0 Å². The summed E-state index contributed by atoms with van der Waals surface area (Å²) in [5, 5.41) is 0. The second-order valence-electron chi connectivity index (χ2n) is 2.23. The van der Waals surface area contributed by atoms with E-state index in [1.165, 1.54) is 0 Å². The van der Waals surface area contributed by atoms with E-state index in [1.807, 2.05) is 17.0 Å². The Balaban J connectivity index is 2.81. The molecule has 1 heterocycles. The minimum absolute atomic E-state index is 0.699. The van der Waals surface area contributed by atoms with Crippen LogP contribution in [0.3, 0.4) is 0 Å². The van der Waals surface area contributed by atoms with Crippen molar-refractivity contribution in [3.63, 3.8) is 0 Å². The molecule has 0 aliphatic carbocycles. The number of carbonyl (C=O) groups is 1. The van der Waals surface area contributed by atoms with Crippen LogP contribution in [0.2, 0.25) is 0 Å². The van der Waals surface area contributed by atoms with Crippen LogP contribution in [0.5, 0.6) is 0 Å². The average molecular weight is 148 g/mol. The van der Waals surface area contributed by atoms with Crippen LogP contribution in [0.4, 0.5) is 0 Å². The molecule has 0 atom stereocenters. The molecule has 0 aliphatic heterocycles. The monoisotopic (exact) mass is 148 g/mol. The van der Waals surface area contributed by atoms with Gasteiger partial charge in [0, 0.05) is 17.7 Å². The number of aldehydes is 1. The first kappa shape index (κ1) is 7.66. The van der Waals surface area contributed by atoms with Gasteiger partial charge in [0.1, 0.15) is 0 Å². The van der Waals surface area contributed by atoms with Gasteiger partial charge in [-0.2, -0.15) is 0 Å². The predicted octanol–water partition coefficient (Wildman–Crippen LogP) is 0.973. The molecule has 11 heavy (non-hydrogen) atoms. The Labute approximate surface area is 65.8 Å². The Bertz CT molecular complexity index is 251. The number of hydrogen-bond acceptors (Lipinski definition) is 1. The molecule has 0 N–H and O–H groups in total. The zero-order chi connectivity index (χ0) is 8.10. The summed E-state index contributed by atoms with van der Waals surface area (Å²) < 4.78 is 1.94. The van der Waals surface area contributed by atoms with E-state index in [-0.39, 0.29) is 0 Å². The number of allylic oxidation sites excluding steroid dienone is 1. The third-order valence-corrected chi connectivity index (χ3v) is 1.39. The summed E-state index contributed by atoms with van der Waals surface area (Å²) in [5.74, 6) is 0. The number of nitrogens with zero attached hydrogens (tertiary/aromatic N) is 1. The Morgan fingerprint density at radius 2 is 2.09 bits per heavy atom. The lowest BCUT2D eigenvalue weighted by Crippen LogP contribution is -2.31. The maximum absolute atomic E-state index is 10.2. The normalized spacial score (nSPS) is 9.09. The van der Waals surface area contributed by atoms with Gasteiger partial charge in [0.05, 0.1) is 0 Å². The van der Waals surface area contributed by atoms with E-state index >= 15 is 0 Å². The topological polar surface area (TPSA) is 20.9 Å². The van der Waals surface area contributed by atoms with Gasteiger partial charge in [-0.15, -0.1) is 0 Å². The lowest BCUT2D eigenvalue weighted by molar-refractivity contribution is -0.687. The predicted molar refractivity (Wildman–Crippen MR) is 42.2 cm³/mol. The number of aromatic nitrogens is 1. The fraction of sp³-hybridized carbons (Fsp3) is 0.111. The van der Waals surface area contributed by atoms with E-state index in [0.717, 1.165) is 12.8 Å². The van der Waals surface area contributed by atoms with Crippen molar-refractivity contribution in [2.75, 3.05) is 0 Å². The molecule has 0 radical (unpaired) electrons. The van der Waals surface area contributed by atoms with Gasteiger partial charge in [-0.1, -0.05) is 6.58 Å². The Hall–Kier alpha value is -1.44. The third-order valence-electron chi connectivity index (χ3n) is 1.39. The fourth-order valence-electron chi connectivity index (χ4n) is 0.818. The summed E-state index contributed by atoms with van der Waals surface area (Å²) in [4.78, 5) is 10.2. The quantitative estimate of drug-likeness (QED) is 0.355. The molecule has 0 aliphatic rings. The van der Waals surface area contributed by atoms with Crippen molar-refractivity contribution in [3.05, 3.63) is 42.7 Å².